The number of ether oxygens (including phenoxy) is 1. The number of hydrogen-bond donors (Lipinski definition) is 1. The smallest absolute Gasteiger partial charge is 0.278 e. The van der Waals surface area contributed by atoms with Gasteiger partial charge in [-0.25, -0.2) is 14.3 Å². The van der Waals surface area contributed by atoms with Crippen LogP contribution in [-0.4, -0.2) is 30.5 Å². The van der Waals surface area contributed by atoms with Gasteiger partial charge in [-0.05, 0) is 48.7 Å². The van der Waals surface area contributed by atoms with Gasteiger partial charge in [0.2, 0.25) is 5.95 Å². The third-order valence-corrected chi connectivity index (χ3v) is 4.98. The summed E-state index contributed by atoms with van der Waals surface area (Å²) in [6.07, 6.45) is 3.24. The molecule has 2 aromatic heterocycles. The highest BCUT2D eigenvalue weighted by molar-refractivity contribution is 6.32. The van der Waals surface area contributed by atoms with Gasteiger partial charge in [0.15, 0.2) is 12.4 Å². The quantitative estimate of drug-likeness (QED) is 0.471. The van der Waals surface area contributed by atoms with Gasteiger partial charge >= 0.3 is 0 Å². The van der Waals surface area contributed by atoms with Crippen molar-refractivity contribution in [1.82, 2.24) is 24.5 Å². The lowest BCUT2D eigenvalue weighted by molar-refractivity contribution is 0.101. The molecule has 0 radical (unpaired) electrons. The van der Waals surface area contributed by atoms with Crippen LogP contribution in [0.2, 0.25) is 5.02 Å². The van der Waals surface area contributed by atoms with Crippen molar-refractivity contribution >= 4 is 23.5 Å². The van der Waals surface area contributed by atoms with Gasteiger partial charge in [0.05, 0.1) is 11.6 Å². The van der Waals surface area contributed by atoms with Gasteiger partial charge in [-0.2, -0.15) is 5.10 Å². The average Bonchev–Trinajstić information content (AvgIpc) is 3.40. The van der Waals surface area contributed by atoms with Crippen molar-refractivity contribution in [3.8, 4) is 5.75 Å². The van der Waals surface area contributed by atoms with Crippen molar-refractivity contribution in [2.45, 2.75) is 27.1 Å². The summed E-state index contributed by atoms with van der Waals surface area (Å²) in [7, 11) is 0. The van der Waals surface area contributed by atoms with Crippen molar-refractivity contribution in [3.63, 3.8) is 0 Å². The SMILES string of the molecule is Cc1ccc(Cl)c(OCn2ccc(C(=O)Nc3ncn(Cc4ccccc4C)n3)n2)c1. The van der Waals surface area contributed by atoms with E-state index in [0.29, 0.717) is 17.3 Å². The van der Waals surface area contributed by atoms with E-state index in [9.17, 15) is 4.79 Å². The Labute approximate surface area is 184 Å². The highest BCUT2D eigenvalue weighted by Crippen LogP contribution is 2.25. The van der Waals surface area contributed by atoms with Crippen molar-refractivity contribution in [3.05, 3.63) is 88.5 Å². The van der Waals surface area contributed by atoms with E-state index in [1.165, 1.54) is 10.2 Å². The number of carbonyl (C=O) groups excluding carboxylic acids is 1. The summed E-state index contributed by atoms with van der Waals surface area (Å²) in [5.74, 6) is 0.378. The van der Waals surface area contributed by atoms with Gasteiger partial charge in [-0.3, -0.25) is 10.1 Å². The van der Waals surface area contributed by atoms with E-state index in [1.54, 1.807) is 29.3 Å². The molecule has 0 bridgehead atoms. The van der Waals surface area contributed by atoms with E-state index in [2.05, 4.69) is 20.5 Å². The number of aryl methyl sites for hydroxylation is 2. The third kappa shape index (κ3) is 5.10. The second kappa shape index (κ2) is 9.01. The zero-order chi connectivity index (χ0) is 21.8. The first kappa shape index (κ1) is 20.6. The van der Waals surface area contributed by atoms with Gasteiger partial charge in [0, 0.05) is 6.20 Å². The predicted molar refractivity (Wildman–Crippen MR) is 117 cm³/mol. The Kier molecular flexibility index (Phi) is 5.99. The fourth-order valence-corrected chi connectivity index (χ4v) is 3.14. The first-order chi connectivity index (χ1) is 15.0. The van der Waals surface area contributed by atoms with E-state index in [1.807, 2.05) is 50.2 Å². The Morgan fingerprint density at radius 2 is 1.94 bits per heavy atom. The summed E-state index contributed by atoms with van der Waals surface area (Å²) >= 11 is 6.14. The molecule has 0 atom stereocenters. The molecule has 0 aliphatic heterocycles. The standard InChI is InChI=1S/C22H21ClN6O2/c1-15-7-8-18(23)20(11-15)31-14-28-10-9-19(26-28)21(30)25-22-24-13-29(27-22)12-17-6-4-3-5-16(17)2/h3-11,13H,12,14H2,1-2H3,(H,25,27,30). The van der Waals surface area contributed by atoms with Gasteiger partial charge in [0.1, 0.15) is 12.1 Å². The second-order valence-corrected chi connectivity index (χ2v) is 7.50. The molecule has 4 rings (SSSR count). The first-order valence-corrected chi connectivity index (χ1v) is 10.0. The second-order valence-electron chi connectivity index (χ2n) is 7.09. The van der Waals surface area contributed by atoms with E-state index >= 15 is 0 Å². The molecule has 0 saturated heterocycles. The summed E-state index contributed by atoms with van der Waals surface area (Å²) in [4.78, 5) is 16.6. The molecule has 158 valence electrons. The van der Waals surface area contributed by atoms with Crippen molar-refractivity contribution < 1.29 is 9.53 Å². The minimum atomic E-state index is -0.402. The largest absolute Gasteiger partial charge is 0.470 e. The fraction of sp³-hybridized carbons (Fsp3) is 0.182. The van der Waals surface area contributed by atoms with Crippen LogP contribution in [-0.2, 0) is 13.3 Å². The number of halogens is 1. The molecule has 2 aromatic carbocycles. The Hall–Kier alpha value is -3.65. The normalized spacial score (nSPS) is 10.8. The number of rotatable bonds is 7. The molecule has 0 saturated carbocycles. The molecule has 0 aliphatic rings. The molecule has 31 heavy (non-hydrogen) atoms. The minimum Gasteiger partial charge on any atom is -0.470 e. The van der Waals surface area contributed by atoms with Crippen molar-refractivity contribution in [2.75, 3.05) is 5.32 Å². The number of carbonyl (C=O) groups is 1. The zero-order valence-electron chi connectivity index (χ0n) is 17.1. The molecule has 8 nitrogen and oxygen atoms in total. The number of hydrogen-bond acceptors (Lipinski definition) is 5. The molecule has 1 amide bonds. The maximum absolute atomic E-state index is 12.5. The van der Waals surface area contributed by atoms with Gasteiger partial charge < -0.3 is 4.74 Å². The molecule has 2 heterocycles. The Morgan fingerprint density at radius 1 is 1.10 bits per heavy atom. The predicted octanol–water partition coefficient (Wildman–Crippen LogP) is 4.08. The van der Waals surface area contributed by atoms with Crippen LogP contribution in [0.1, 0.15) is 27.2 Å². The van der Waals surface area contributed by atoms with Gasteiger partial charge in [0.25, 0.3) is 5.91 Å². The van der Waals surface area contributed by atoms with Crippen molar-refractivity contribution in [2.24, 2.45) is 0 Å². The molecular weight excluding hydrogens is 416 g/mol. The lowest BCUT2D eigenvalue weighted by Crippen LogP contribution is -2.15. The average molecular weight is 437 g/mol. The van der Waals surface area contributed by atoms with Crippen LogP contribution < -0.4 is 10.1 Å². The summed E-state index contributed by atoms with van der Waals surface area (Å²) < 4.78 is 8.88. The molecule has 0 fully saturated rings. The monoisotopic (exact) mass is 436 g/mol. The third-order valence-electron chi connectivity index (χ3n) is 4.67. The summed E-state index contributed by atoms with van der Waals surface area (Å²) in [6, 6.07) is 15.2. The first-order valence-electron chi connectivity index (χ1n) is 9.65. The van der Waals surface area contributed by atoms with E-state index in [4.69, 9.17) is 16.3 Å². The minimum absolute atomic E-state index is 0.125. The number of nitrogens with zero attached hydrogens (tertiary/aromatic N) is 5. The summed E-state index contributed by atoms with van der Waals surface area (Å²) in [5.41, 5.74) is 3.57. The Morgan fingerprint density at radius 3 is 2.77 bits per heavy atom. The van der Waals surface area contributed by atoms with Gasteiger partial charge in [-0.15, -0.1) is 5.10 Å². The maximum Gasteiger partial charge on any atom is 0.278 e. The van der Waals surface area contributed by atoms with E-state index in [-0.39, 0.29) is 18.4 Å². The maximum atomic E-state index is 12.5. The fourth-order valence-electron chi connectivity index (χ4n) is 2.97. The van der Waals surface area contributed by atoms with Crippen LogP contribution in [0.15, 0.2) is 61.1 Å². The van der Waals surface area contributed by atoms with Crippen LogP contribution in [0, 0.1) is 13.8 Å². The molecule has 0 aliphatic carbocycles. The highest BCUT2D eigenvalue weighted by atomic mass is 35.5. The molecule has 0 unspecified atom stereocenters. The summed E-state index contributed by atoms with van der Waals surface area (Å²) in [5, 5.41) is 11.7. The lowest BCUT2D eigenvalue weighted by Gasteiger charge is -2.08. The highest BCUT2D eigenvalue weighted by Gasteiger charge is 2.13. The van der Waals surface area contributed by atoms with E-state index < -0.39 is 5.91 Å². The molecule has 1 N–H and O–H groups in total. The number of amides is 1. The van der Waals surface area contributed by atoms with Crippen LogP contribution in [0.5, 0.6) is 5.75 Å². The van der Waals surface area contributed by atoms with Crippen molar-refractivity contribution in [1.29, 1.82) is 0 Å². The Bertz CT molecular complexity index is 1220. The molecule has 9 heteroatoms. The topological polar surface area (TPSA) is 86.9 Å². The zero-order valence-corrected chi connectivity index (χ0v) is 17.9. The summed E-state index contributed by atoms with van der Waals surface area (Å²) in [6.45, 7) is 4.70. The molecule has 0 spiro atoms. The number of aromatic nitrogens is 5. The van der Waals surface area contributed by atoms with Crippen LogP contribution in [0.3, 0.4) is 0 Å². The Balaban J connectivity index is 1.35. The van der Waals surface area contributed by atoms with E-state index in [0.717, 1.165) is 11.1 Å². The van der Waals surface area contributed by atoms with Crippen LogP contribution in [0.25, 0.3) is 0 Å². The number of anilines is 1. The molecular formula is C22H21ClN6O2. The number of nitrogens with one attached hydrogen (secondary N) is 1. The van der Waals surface area contributed by atoms with Gasteiger partial charge in [-0.1, -0.05) is 41.9 Å². The molecule has 4 aromatic rings. The lowest BCUT2D eigenvalue weighted by atomic mass is 10.1. The number of benzene rings is 2. The van der Waals surface area contributed by atoms with Crippen LogP contribution >= 0.6 is 11.6 Å². The van der Waals surface area contributed by atoms with Crippen LogP contribution in [0.4, 0.5) is 5.95 Å².